The molecule has 0 saturated heterocycles. The first-order valence-corrected chi connectivity index (χ1v) is 7.53. The highest BCUT2D eigenvalue weighted by Crippen LogP contribution is 2.22. The van der Waals surface area contributed by atoms with Crippen molar-refractivity contribution in [1.29, 1.82) is 0 Å². The van der Waals surface area contributed by atoms with Gasteiger partial charge in [-0.2, -0.15) is 0 Å². The van der Waals surface area contributed by atoms with E-state index >= 15 is 0 Å². The van der Waals surface area contributed by atoms with Crippen molar-refractivity contribution >= 4 is 11.6 Å². The van der Waals surface area contributed by atoms with Crippen LogP contribution < -0.4 is 14.8 Å². The molecule has 0 unspecified atom stereocenters. The number of ether oxygens (including phenoxy) is 2. The molecule has 0 saturated carbocycles. The van der Waals surface area contributed by atoms with E-state index in [9.17, 15) is 4.79 Å². The molecule has 1 amide bonds. The summed E-state index contributed by atoms with van der Waals surface area (Å²) in [5.74, 6) is 2.01. The summed E-state index contributed by atoms with van der Waals surface area (Å²) >= 11 is 0. The number of hydrogen-bond acceptors (Lipinski definition) is 3. The van der Waals surface area contributed by atoms with Crippen LogP contribution in [0.2, 0.25) is 0 Å². The molecule has 0 aliphatic carbocycles. The van der Waals surface area contributed by atoms with Gasteiger partial charge >= 0.3 is 0 Å². The van der Waals surface area contributed by atoms with Crippen LogP contribution in [0.1, 0.15) is 10.4 Å². The Bertz CT molecular complexity index is 797. The topological polar surface area (TPSA) is 47.6 Å². The third-order valence-electron chi connectivity index (χ3n) is 3.44. The van der Waals surface area contributed by atoms with E-state index in [0.29, 0.717) is 17.0 Å². The molecule has 4 heteroatoms. The molecular weight excluding hydrogens is 302 g/mol. The van der Waals surface area contributed by atoms with E-state index in [1.54, 1.807) is 55.6 Å². The summed E-state index contributed by atoms with van der Waals surface area (Å²) in [7, 11) is 1.60. The number of carbonyl (C=O) groups excluding carboxylic acids is 1. The maximum absolute atomic E-state index is 12.3. The van der Waals surface area contributed by atoms with Crippen molar-refractivity contribution in [3.8, 4) is 17.2 Å². The molecule has 3 rings (SSSR count). The molecule has 1 N–H and O–H groups in total. The van der Waals surface area contributed by atoms with Crippen molar-refractivity contribution in [3.63, 3.8) is 0 Å². The van der Waals surface area contributed by atoms with Gasteiger partial charge < -0.3 is 14.8 Å². The Morgan fingerprint density at radius 2 is 1.33 bits per heavy atom. The Labute approximate surface area is 140 Å². The zero-order valence-electron chi connectivity index (χ0n) is 13.2. The second-order valence-electron chi connectivity index (χ2n) is 5.12. The first kappa shape index (κ1) is 15.6. The summed E-state index contributed by atoms with van der Waals surface area (Å²) in [6.07, 6.45) is 0. The molecule has 0 aliphatic heterocycles. The van der Waals surface area contributed by atoms with Crippen molar-refractivity contribution in [2.75, 3.05) is 12.4 Å². The molecule has 0 aliphatic rings. The van der Waals surface area contributed by atoms with Crippen molar-refractivity contribution in [3.05, 3.63) is 84.4 Å². The SMILES string of the molecule is COc1ccc(NC(=O)c2ccc(Oc3ccccc3)cc2)cc1. The van der Waals surface area contributed by atoms with Gasteiger partial charge in [0.05, 0.1) is 7.11 Å². The molecule has 0 spiro atoms. The lowest BCUT2D eigenvalue weighted by Gasteiger charge is -2.08. The summed E-state index contributed by atoms with van der Waals surface area (Å²) in [4.78, 5) is 12.3. The minimum atomic E-state index is -0.175. The maximum Gasteiger partial charge on any atom is 0.255 e. The van der Waals surface area contributed by atoms with Gasteiger partial charge in [-0.15, -0.1) is 0 Å². The summed E-state index contributed by atoms with van der Waals surface area (Å²) in [6, 6.07) is 23.7. The van der Waals surface area contributed by atoms with Crippen LogP contribution in [0, 0.1) is 0 Å². The number of nitrogens with one attached hydrogen (secondary N) is 1. The molecule has 0 aromatic heterocycles. The number of methoxy groups -OCH3 is 1. The fourth-order valence-corrected chi connectivity index (χ4v) is 2.18. The number of benzene rings is 3. The Morgan fingerprint density at radius 1 is 0.750 bits per heavy atom. The third kappa shape index (κ3) is 3.93. The zero-order chi connectivity index (χ0) is 16.8. The maximum atomic E-state index is 12.3. The van der Waals surface area contributed by atoms with Crippen molar-refractivity contribution in [2.24, 2.45) is 0 Å². The van der Waals surface area contributed by atoms with Crippen molar-refractivity contribution in [2.45, 2.75) is 0 Å². The summed E-state index contributed by atoms with van der Waals surface area (Å²) in [5.41, 5.74) is 1.27. The minimum absolute atomic E-state index is 0.175. The van der Waals surface area contributed by atoms with E-state index in [1.165, 1.54) is 0 Å². The summed E-state index contributed by atoms with van der Waals surface area (Å²) in [5, 5.41) is 2.84. The largest absolute Gasteiger partial charge is 0.497 e. The van der Waals surface area contributed by atoms with E-state index in [1.807, 2.05) is 30.3 Å². The number of amides is 1. The Balaban J connectivity index is 1.64. The molecule has 120 valence electrons. The lowest BCUT2D eigenvalue weighted by molar-refractivity contribution is 0.102. The Morgan fingerprint density at radius 3 is 1.96 bits per heavy atom. The quantitative estimate of drug-likeness (QED) is 0.739. The monoisotopic (exact) mass is 319 g/mol. The first-order valence-electron chi connectivity index (χ1n) is 7.53. The van der Waals surface area contributed by atoms with E-state index in [2.05, 4.69) is 5.32 Å². The second-order valence-corrected chi connectivity index (χ2v) is 5.12. The van der Waals surface area contributed by atoms with Crippen LogP contribution in [0.25, 0.3) is 0 Å². The standard InChI is InChI=1S/C20H17NO3/c1-23-17-13-9-16(10-14-17)21-20(22)15-7-11-19(12-8-15)24-18-5-3-2-4-6-18/h2-14H,1H3,(H,21,22). The van der Waals surface area contributed by atoms with E-state index in [0.717, 1.165) is 11.5 Å². The van der Waals surface area contributed by atoms with Crippen LogP contribution in [0.15, 0.2) is 78.9 Å². The fourth-order valence-electron chi connectivity index (χ4n) is 2.18. The number of carbonyl (C=O) groups is 1. The van der Waals surface area contributed by atoms with E-state index < -0.39 is 0 Å². The Kier molecular flexibility index (Phi) is 4.77. The van der Waals surface area contributed by atoms with Gasteiger partial charge in [-0.3, -0.25) is 4.79 Å². The van der Waals surface area contributed by atoms with Crippen LogP contribution in [-0.2, 0) is 0 Å². The van der Waals surface area contributed by atoms with Crippen LogP contribution in [-0.4, -0.2) is 13.0 Å². The molecule has 4 nitrogen and oxygen atoms in total. The van der Waals surface area contributed by atoms with Crippen LogP contribution in [0.3, 0.4) is 0 Å². The van der Waals surface area contributed by atoms with Gasteiger partial charge in [0.1, 0.15) is 17.2 Å². The van der Waals surface area contributed by atoms with Crippen molar-refractivity contribution < 1.29 is 14.3 Å². The molecule has 0 atom stereocenters. The minimum Gasteiger partial charge on any atom is -0.497 e. The van der Waals surface area contributed by atoms with Crippen LogP contribution in [0.5, 0.6) is 17.2 Å². The Hall–Kier alpha value is -3.27. The van der Waals surface area contributed by atoms with Gasteiger partial charge in [0.25, 0.3) is 5.91 Å². The molecular formula is C20H17NO3. The van der Waals surface area contributed by atoms with Gasteiger partial charge in [0, 0.05) is 11.3 Å². The predicted octanol–water partition coefficient (Wildman–Crippen LogP) is 4.74. The highest BCUT2D eigenvalue weighted by atomic mass is 16.5. The van der Waals surface area contributed by atoms with Crippen LogP contribution >= 0.6 is 0 Å². The summed E-state index contributed by atoms with van der Waals surface area (Å²) in [6.45, 7) is 0. The molecule has 0 fully saturated rings. The molecule has 3 aromatic carbocycles. The predicted molar refractivity (Wildman–Crippen MR) is 93.9 cm³/mol. The van der Waals surface area contributed by atoms with Gasteiger partial charge in [0.2, 0.25) is 0 Å². The number of hydrogen-bond donors (Lipinski definition) is 1. The number of rotatable bonds is 5. The van der Waals surface area contributed by atoms with Gasteiger partial charge in [0.15, 0.2) is 0 Å². The van der Waals surface area contributed by atoms with Gasteiger partial charge in [-0.05, 0) is 60.7 Å². The molecule has 0 heterocycles. The molecule has 0 radical (unpaired) electrons. The first-order chi connectivity index (χ1) is 11.7. The number of para-hydroxylation sites is 1. The molecule has 0 bridgehead atoms. The highest BCUT2D eigenvalue weighted by molar-refractivity contribution is 6.04. The van der Waals surface area contributed by atoms with Gasteiger partial charge in [-0.25, -0.2) is 0 Å². The fraction of sp³-hybridized carbons (Fsp3) is 0.0500. The van der Waals surface area contributed by atoms with Crippen molar-refractivity contribution in [1.82, 2.24) is 0 Å². The lowest BCUT2D eigenvalue weighted by Crippen LogP contribution is -2.11. The summed E-state index contributed by atoms with van der Waals surface area (Å²) < 4.78 is 10.8. The second kappa shape index (κ2) is 7.33. The third-order valence-corrected chi connectivity index (χ3v) is 3.44. The number of anilines is 1. The van der Waals surface area contributed by atoms with E-state index in [-0.39, 0.29) is 5.91 Å². The normalized spacial score (nSPS) is 10.0. The highest BCUT2D eigenvalue weighted by Gasteiger charge is 2.07. The average Bonchev–Trinajstić information content (AvgIpc) is 2.64. The lowest BCUT2D eigenvalue weighted by atomic mass is 10.2. The van der Waals surface area contributed by atoms with Gasteiger partial charge in [-0.1, -0.05) is 18.2 Å². The smallest absolute Gasteiger partial charge is 0.255 e. The zero-order valence-corrected chi connectivity index (χ0v) is 13.2. The molecule has 3 aromatic rings. The van der Waals surface area contributed by atoms with Crippen LogP contribution in [0.4, 0.5) is 5.69 Å². The van der Waals surface area contributed by atoms with E-state index in [4.69, 9.17) is 9.47 Å². The average molecular weight is 319 g/mol. The molecule has 24 heavy (non-hydrogen) atoms.